The second-order valence-electron chi connectivity index (χ2n) is 5.64. The molecule has 2 aromatic heterocycles. The summed E-state index contributed by atoms with van der Waals surface area (Å²) >= 11 is 0. The maximum absolute atomic E-state index is 4.57. The van der Waals surface area contributed by atoms with Crippen molar-refractivity contribution in [3.05, 3.63) is 30.4 Å². The first-order valence-corrected chi connectivity index (χ1v) is 7.03. The minimum absolute atomic E-state index is 0.645. The molecule has 0 saturated carbocycles. The molecular weight excluding hydrogens is 236 g/mol. The molecule has 0 aromatic carbocycles. The van der Waals surface area contributed by atoms with Crippen molar-refractivity contribution in [3.63, 3.8) is 0 Å². The number of aromatic nitrogens is 3. The molecule has 3 heterocycles. The Morgan fingerprint density at radius 3 is 3.21 bits per heavy atom. The quantitative estimate of drug-likeness (QED) is 0.850. The maximum Gasteiger partial charge on any atom is 0.141 e. The molecule has 4 heteroatoms. The molecule has 19 heavy (non-hydrogen) atoms. The molecule has 98 valence electrons. The van der Waals surface area contributed by atoms with E-state index in [0.29, 0.717) is 12.0 Å². The number of hydrogen-bond acceptors (Lipinski definition) is 3. The van der Waals surface area contributed by atoms with Gasteiger partial charge in [-0.1, -0.05) is 6.08 Å². The molecule has 1 saturated heterocycles. The Morgan fingerprint density at radius 2 is 2.26 bits per heavy atom. The van der Waals surface area contributed by atoms with Crippen molar-refractivity contribution in [1.82, 2.24) is 19.9 Å². The average Bonchev–Trinajstić information content (AvgIpc) is 3.05. The van der Waals surface area contributed by atoms with Crippen LogP contribution in [0.1, 0.15) is 25.0 Å². The predicted molar refractivity (Wildman–Crippen MR) is 75.6 cm³/mol. The zero-order valence-electron chi connectivity index (χ0n) is 11.1. The molecule has 2 unspecified atom stereocenters. The summed E-state index contributed by atoms with van der Waals surface area (Å²) in [6.45, 7) is 1.20. The summed E-state index contributed by atoms with van der Waals surface area (Å²) in [4.78, 5) is 14.5. The van der Waals surface area contributed by atoms with Gasteiger partial charge in [-0.25, -0.2) is 9.97 Å². The van der Waals surface area contributed by atoms with Gasteiger partial charge in [-0.2, -0.15) is 0 Å². The Kier molecular flexibility index (Phi) is 2.45. The SMILES string of the molecule is CN1CCC2C(c3ncnc4[nH]ccc34)=CCCC21. The number of H-pyrrole nitrogens is 1. The normalized spacial score (nSPS) is 27.5. The van der Waals surface area contributed by atoms with Gasteiger partial charge in [-0.15, -0.1) is 0 Å². The Bertz CT molecular complexity index is 642. The van der Waals surface area contributed by atoms with Gasteiger partial charge < -0.3 is 9.88 Å². The lowest BCUT2D eigenvalue weighted by molar-refractivity contribution is 0.274. The van der Waals surface area contributed by atoms with Crippen molar-refractivity contribution in [2.24, 2.45) is 5.92 Å². The Labute approximate surface area is 112 Å². The summed E-state index contributed by atoms with van der Waals surface area (Å²) in [7, 11) is 2.25. The van der Waals surface area contributed by atoms with E-state index in [4.69, 9.17) is 0 Å². The number of rotatable bonds is 1. The molecule has 4 rings (SSSR count). The molecule has 0 spiro atoms. The molecule has 4 nitrogen and oxygen atoms in total. The summed E-state index contributed by atoms with van der Waals surface area (Å²) in [5.41, 5.74) is 3.52. The summed E-state index contributed by atoms with van der Waals surface area (Å²) in [6, 6.07) is 2.79. The second kappa shape index (κ2) is 4.17. The summed E-state index contributed by atoms with van der Waals surface area (Å²) in [5, 5.41) is 1.16. The van der Waals surface area contributed by atoms with E-state index in [1.54, 1.807) is 6.33 Å². The van der Waals surface area contributed by atoms with E-state index in [0.717, 1.165) is 23.1 Å². The fraction of sp³-hybridized carbons (Fsp3) is 0.467. The molecule has 1 fully saturated rings. The summed E-state index contributed by atoms with van der Waals surface area (Å²) < 4.78 is 0. The van der Waals surface area contributed by atoms with Gasteiger partial charge in [0.25, 0.3) is 0 Å². The van der Waals surface area contributed by atoms with Crippen LogP contribution in [0.5, 0.6) is 0 Å². The van der Waals surface area contributed by atoms with Crippen LogP contribution in [0.25, 0.3) is 16.6 Å². The van der Waals surface area contributed by atoms with Crippen LogP contribution in [0.3, 0.4) is 0 Å². The van der Waals surface area contributed by atoms with Crippen molar-refractivity contribution in [3.8, 4) is 0 Å². The fourth-order valence-corrected chi connectivity index (χ4v) is 3.73. The van der Waals surface area contributed by atoms with E-state index < -0.39 is 0 Å². The third-order valence-electron chi connectivity index (χ3n) is 4.68. The van der Waals surface area contributed by atoms with Gasteiger partial charge in [0.15, 0.2) is 0 Å². The van der Waals surface area contributed by atoms with E-state index in [2.05, 4.69) is 39.0 Å². The Hall–Kier alpha value is -1.68. The van der Waals surface area contributed by atoms with Crippen molar-refractivity contribution in [2.75, 3.05) is 13.6 Å². The Balaban J connectivity index is 1.83. The number of nitrogens with zero attached hydrogens (tertiary/aromatic N) is 3. The van der Waals surface area contributed by atoms with Gasteiger partial charge in [0.2, 0.25) is 0 Å². The van der Waals surface area contributed by atoms with Crippen LogP contribution in [0.15, 0.2) is 24.7 Å². The standard InChI is InChI=1S/C15H18N4/c1-19-8-6-10-11(3-2-4-13(10)19)14-12-5-7-16-15(12)18-9-17-14/h3,5,7,9-10,13H,2,4,6,8H2,1H3,(H,16,17,18). The van der Waals surface area contributed by atoms with E-state index in [-0.39, 0.29) is 0 Å². The lowest BCUT2D eigenvalue weighted by atomic mass is 9.81. The average molecular weight is 254 g/mol. The first-order valence-electron chi connectivity index (χ1n) is 7.03. The van der Waals surface area contributed by atoms with E-state index in [9.17, 15) is 0 Å². The van der Waals surface area contributed by atoms with Crippen molar-refractivity contribution < 1.29 is 0 Å². The summed E-state index contributed by atoms with van der Waals surface area (Å²) in [5.74, 6) is 0.645. The van der Waals surface area contributed by atoms with Crippen molar-refractivity contribution in [1.29, 1.82) is 0 Å². The molecule has 0 radical (unpaired) electrons. The fourth-order valence-electron chi connectivity index (χ4n) is 3.73. The zero-order valence-corrected chi connectivity index (χ0v) is 11.1. The van der Waals surface area contributed by atoms with Gasteiger partial charge in [-0.05, 0) is 44.5 Å². The third kappa shape index (κ3) is 1.63. The monoisotopic (exact) mass is 254 g/mol. The number of aromatic amines is 1. The molecule has 2 aliphatic rings. The van der Waals surface area contributed by atoms with E-state index in [1.165, 1.54) is 25.0 Å². The van der Waals surface area contributed by atoms with Crippen LogP contribution in [-0.4, -0.2) is 39.5 Å². The maximum atomic E-state index is 4.57. The van der Waals surface area contributed by atoms with Gasteiger partial charge in [0, 0.05) is 23.5 Å². The first kappa shape index (κ1) is 11.2. The van der Waals surface area contributed by atoms with Crippen LogP contribution < -0.4 is 0 Å². The van der Waals surface area contributed by atoms with Gasteiger partial charge in [0.1, 0.15) is 12.0 Å². The number of allylic oxidation sites excluding steroid dienone is 1. The number of likely N-dealkylation sites (tertiary alicyclic amines) is 1. The zero-order chi connectivity index (χ0) is 12.8. The van der Waals surface area contributed by atoms with Gasteiger partial charge >= 0.3 is 0 Å². The highest BCUT2D eigenvalue weighted by molar-refractivity contribution is 5.88. The smallest absolute Gasteiger partial charge is 0.141 e. The van der Waals surface area contributed by atoms with Crippen LogP contribution in [-0.2, 0) is 0 Å². The summed E-state index contributed by atoms with van der Waals surface area (Å²) in [6.07, 6.45) is 9.72. The lowest BCUT2D eigenvalue weighted by Crippen LogP contribution is -2.31. The highest BCUT2D eigenvalue weighted by Gasteiger charge is 2.37. The molecular formula is C15H18N4. The first-order chi connectivity index (χ1) is 9.34. The van der Waals surface area contributed by atoms with Gasteiger partial charge in [-0.3, -0.25) is 0 Å². The molecule has 1 aliphatic carbocycles. The highest BCUT2D eigenvalue weighted by Crippen LogP contribution is 2.41. The molecule has 2 atom stereocenters. The Morgan fingerprint density at radius 1 is 1.32 bits per heavy atom. The van der Waals surface area contributed by atoms with Crippen LogP contribution in [0.2, 0.25) is 0 Å². The minimum atomic E-state index is 0.645. The van der Waals surface area contributed by atoms with Gasteiger partial charge in [0.05, 0.1) is 5.69 Å². The second-order valence-corrected chi connectivity index (χ2v) is 5.64. The molecule has 1 aliphatic heterocycles. The molecule has 0 bridgehead atoms. The lowest BCUT2D eigenvalue weighted by Gasteiger charge is -2.30. The predicted octanol–water partition coefficient (Wildman–Crippen LogP) is 2.46. The van der Waals surface area contributed by atoms with Crippen LogP contribution in [0, 0.1) is 5.92 Å². The molecule has 0 amide bonds. The minimum Gasteiger partial charge on any atom is -0.346 e. The third-order valence-corrected chi connectivity index (χ3v) is 4.68. The van der Waals surface area contributed by atoms with Crippen molar-refractivity contribution in [2.45, 2.75) is 25.3 Å². The number of nitrogens with one attached hydrogen (secondary N) is 1. The largest absolute Gasteiger partial charge is 0.346 e. The topological polar surface area (TPSA) is 44.8 Å². The van der Waals surface area contributed by atoms with E-state index >= 15 is 0 Å². The molecule has 1 N–H and O–H groups in total. The molecule has 2 aromatic rings. The highest BCUT2D eigenvalue weighted by atomic mass is 15.2. The van der Waals surface area contributed by atoms with Crippen molar-refractivity contribution >= 4 is 16.6 Å². The van der Waals surface area contributed by atoms with Crippen LogP contribution >= 0.6 is 0 Å². The number of hydrogen-bond donors (Lipinski definition) is 1. The van der Waals surface area contributed by atoms with Crippen LogP contribution in [0.4, 0.5) is 0 Å². The van der Waals surface area contributed by atoms with E-state index in [1.807, 2.05) is 6.20 Å². The number of fused-ring (bicyclic) bond motifs is 2.